The molecule has 0 spiro atoms. The van der Waals surface area contributed by atoms with Gasteiger partial charge in [-0.2, -0.15) is 0 Å². The van der Waals surface area contributed by atoms with Crippen LogP contribution < -0.4 is 0 Å². The zero-order chi connectivity index (χ0) is 8.97. The molecule has 0 radical (unpaired) electrons. The highest BCUT2D eigenvalue weighted by atomic mass is 15.2. The molecule has 0 aromatic rings. The first-order valence-electron chi connectivity index (χ1n) is 5.14. The van der Waals surface area contributed by atoms with E-state index in [9.17, 15) is 0 Å². The molecule has 12 heavy (non-hydrogen) atoms. The zero-order valence-corrected chi connectivity index (χ0v) is 8.59. The van der Waals surface area contributed by atoms with Crippen LogP contribution in [-0.4, -0.2) is 24.0 Å². The van der Waals surface area contributed by atoms with Crippen LogP contribution in [0.3, 0.4) is 0 Å². The van der Waals surface area contributed by atoms with Crippen molar-refractivity contribution in [2.45, 2.75) is 39.7 Å². The van der Waals surface area contributed by atoms with Gasteiger partial charge in [-0.1, -0.05) is 25.5 Å². The van der Waals surface area contributed by atoms with Crippen LogP contribution in [0.15, 0.2) is 12.2 Å². The van der Waals surface area contributed by atoms with Crippen molar-refractivity contribution in [3.8, 4) is 0 Å². The molecule has 1 aliphatic heterocycles. The van der Waals surface area contributed by atoms with Crippen LogP contribution in [0.25, 0.3) is 0 Å². The Hall–Kier alpha value is -0.300. The normalized spacial score (nSPS) is 31.9. The van der Waals surface area contributed by atoms with Gasteiger partial charge < -0.3 is 0 Å². The maximum absolute atomic E-state index is 2.58. The van der Waals surface area contributed by atoms with Gasteiger partial charge in [0.2, 0.25) is 0 Å². The molecule has 0 saturated carbocycles. The van der Waals surface area contributed by atoms with Gasteiger partial charge >= 0.3 is 0 Å². The fraction of sp³-hybridized carbons (Fsp3) is 0.818. The Morgan fingerprint density at radius 1 is 1.50 bits per heavy atom. The van der Waals surface area contributed by atoms with Crippen molar-refractivity contribution in [3.05, 3.63) is 12.2 Å². The average molecular weight is 167 g/mol. The van der Waals surface area contributed by atoms with Gasteiger partial charge in [-0.25, -0.2) is 0 Å². The highest BCUT2D eigenvalue weighted by Gasteiger charge is 2.27. The lowest BCUT2D eigenvalue weighted by Gasteiger charge is -2.22. The number of nitrogens with zero attached hydrogens (tertiary/aromatic N) is 1. The van der Waals surface area contributed by atoms with Crippen LogP contribution in [0.2, 0.25) is 0 Å². The predicted octanol–water partition coefficient (Wildman–Crippen LogP) is 2.68. The zero-order valence-electron chi connectivity index (χ0n) is 8.59. The van der Waals surface area contributed by atoms with Crippen molar-refractivity contribution < 1.29 is 0 Å². The smallest absolute Gasteiger partial charge is 0.0166 e. The maximum Gasteiger partial charge on any atom is 0.0166 e. The van der Waals surface area contributed by atoms with Crippen LogP contribution in [0.1, 0.15) is 33.6 Å². The number of allylic oxidation sites excluding steroid dienone is 1. The summed E-state index contributed by atoms with van der Waals surface area (Å²) in [5, 5.41) is 0. The third-order valence-corrected chi connectivity index (χ3v) is 3.15. The third-order valence-electron chi connectivity index (χ3n) is 3.15. The van der Waals surface area contributed by atoms with Gasteiger partial charge in [-0.05, 0) is 32.7 Å². The lowest BCUT2D eigenvalue weighted by Crippen LogP contribution is -2.29. The standard InChI is InChI=1S/C11H21N/c1-4-6-8-12-9-7-11(5-2)10(12)3/h4,6,10-11H,5,7-9H2,1-3H3/b6-4+. The molecule has 0 amide bonds. The fourth-order valence-electron chi connectivity index (χ4n) is 2.12. The summed E-state index contributed by atoms with van der Waals surface area (Å²) in [7, 11) is 0. The van der Waals surface area contributed by atoms with Crippen molar-refractivity contribution in [1.29, 1.82) is 0 Å². The molecule has 1 heteroatoms. The van der Waals surface area contributed by atoms with E-state index in [2.05, 4.69) is 37.8 Å². The lowest BCUT2D eigenvalue weighted by molar-refractivity contribution is 0.263. The molecule has 0 aliphatic carbocycles. The first kappa shape index (κ1) is 9.79. The molecule has 2 atom stereocenters. The number of hydrogen-bond acceptors (Lipinski definition) is 1. The summed E-state index contributed by atoms with van der Waals surface area (Å²) < 4.78 is 0. The molecule has 2 unspecified atom stereocenters. The molecule has 1 nitrogen and oxygen atoms in total. The van der Waals surface area contributed by atoms with Crippen molar-refractivity contribution in [2.24, 2.45) is 5.92 Å². The van der Waals surface area contributed by atoms with E-state index in [1.807, 2.05) is 0 Å². The van der Waals surface area contributed by atoms with E-state index in [0.29, 0.717) is 0 Å². The Kier molecular flexibility index (Phi) is 3.80. The van der Waals surface area contributed by atoms with Crippen LogP contribution in [0.4, 0.5) is 0 Å². The molecule has 0 bridgehead atoms. The molecule has 1 saturated heterocycles. The van der Waals surface area contributed by atoms with E-state index in [1.165, 1.54) is 19.4 Å². The minimum atomic E-state index is 0.797. The van der Waals surface area contributed by atoms with Crippen LogP contribution >= 0.6 is 0 Å². The Balaban J connectivity index is 2.38. The fourth-order valence-corrected chi connectivity index (χ4v) is 2.12. The summed E-state index contributed by atoms with van der Waals surface area (Å²) in [5.41, 5.74) is 0. The van der Waals surface area contributed by atoms with E-state index in [4.69, 9.17) is 0 Å². The van der Waals surface area contributed by atoms with Gasteiger partial charge in [0.15, 0.2) is 0 Å². The van der Waals surface area contributed by atoms with Gasteiger partial charge in [0.25, 0.3) is 0 Å². The first-order chi connectivity index (χ1) is 5.79. The number of hydrogen-bond donors (Lipinski definition) is 0. The van der Waals surface area contributed by atoms with Crippen molar-refractivity contribution in [1.82, 2.24) is 4.90 Å². The monoisotopic (exact) mass is 167 g/mol. The predicted molar refractivity (Wildman–Crippen MR) is 54.2 cm³/mol. The van der Waals surface area contributed by atoms with Crippen molar-refractivity contribution in [2.75, 3.05) is 13.1 Å². The molecule has 1 rings (SSSR count). The summed E-state index contributed by atoms with van der Waals surface area (Å²) >= 11 is 0. The van der Waals surface area contributed by atoms with Crippen LogP contribution in [0.5, 0.6) is 0 Å². The van der Waals surface area contributed by atoms with E-state index >= 15 is 0 Å². The minimum Gasteiger partial charge on any atom is -0.297 e. The first-order valence-corrected chi connectivity index (χ1v) is 5.14. The average Bonchev–Trinajstić information content (AvgIpc) is 2.43. The van der Waals surface area contributed by atoms with Crippen LogP contribution in [0, 0.1) is 5.92 Å². The number of rotatable bonds is 3. The molecular formula is C11H21N. The Labute approximate surface area is 76.5 Å². The summed E-state index contributed by atoms with van der Waals surface area (Å²) in [6, 6.07) is 0.797. The van der Waals surface area contributed by atoms with E-state index in [0.717, 1.165) is 18.5 Å². The van der Waals surface area contributed by atoms with Gasteiger partial charge in [-0.3, -0.25) is 4.90 Å². The van der Waals surface area contributed by atoms with Crippen LogP contribution in [-0.2, 0) is 0 Å². The molecule has 0 aromatic carbocycles. The molecule has 0 N–H and O–H groups in total. The molecule has 0 aromatic heterocycles. The summed E-state index contributed by atoms with van der Waals surface area (Å²) in [4.78, 5) is 2.58. The summed E-state index contributed by atoms with van der Waals surface area (Å²) in [6.07, 6.45) is 7.14. The van der Waals surface area contributed by atoms with E-state index < -0.39 is 0 Å². The maximum atomic E-state index is 2.58. The quantitative estimate of drug-likeness (QED) is 0.584. The Morgan fingerprint density at radius 3 is 2.75 bits per heavy atom. The minimum absolute atomic E-state index is 0.797. The summed E-state index contributed by atoms with van der Waals surface area (Å²) in [6.45, 7) is 9.21. The molecule has 1 aliphatic rings. The Bertz CT molecular complexity index is 151. The van der Waals surface area contributed by atoms with Gasteiger partial charge in [-0.15, -0.1) is 0 Å². The van der Waals surface area contributed by atoms with Gasteiger partial charge in [0, 0.05) is 12.6 Å². The molecular weight excluding hydrogens is 146 g/mol. The van der Waals surface area contributed by atoms with Gasteiger partial charge in [0.05, 0.1) is 0 Å². The van der Waals surface area contributed by atoms with Crippen molar-refractivity contribution in [3.63, 3.8) is 0 Å². The molecule has 1 heterocycles. The second-order valence-electron chi connectivity index (χ2n) is 3.76. The third kappa shape index (κ3) is 2.10. The van der Waals surface area contributed by atoms with E-state index in [-0.39, 0.29) is 0 Å². The highest BCUT2D eigenvalue weighted by Crippen LogP contribution is 2.25. The second kappa shape index (κ2) is 4.66. The molecule has 70 valence electrons. The van der Waals surface area contributed by atoms with E-state index in [1.54, 1.807) is 0 Å². The van der Waals surface area contributed by atoms with Gasteiger partial charge in [0.1, 0.15) is 0 Å². The SMILES string of the molecule is C/C=C/CN1CCC(CC)C1C. The second-order valence-corrected chi connectivity index (χ2v) is 3.76. The molecule has 1 fully saturated rings. The number of likely N-dealkylation sites (tertiary alicyclic amines) is 1. The largest absolute Gasteiger partial charge is 0.297 e. The van der Waals surface area contributed by atoms with Crippen molar-refractivity contribution >= 4 is 0 Å². The Morgan fingerprint density at radius 2 is 2.25 bits per heavy atom. The topological polar surface area (TPSA) is 3.24 Å². The highest BCUT2D eigenvalue weighted by molar-refractivity contribution is 4.89. The lowest BCUT2D eigenvalue weighted by atomic mass is 9.99. The summed E-state index contributed by atoms with van der Waals surface area (Å²) in [5.74, 6) is 0.940.